The van der Waals surface area contributed by atoms with Crippen LogP contribution in [0.5, 0.6) is 0 Å². The SMILES string of the molecule is CC(C)(C)C.CC(C)(C)C(F)(F)C(=O)O.CC(C)(C)OP(=O)(O)O.CC(C)(C)OS(=O)(=O)O.CC(C)(C)S(=O)(=O)O. The van der Waals surface area contributed by atoms with Crippen LogP contribution in [-0.2, 0) is 38.6 Å². The van der Waals surface area contributed by atoms with Gasteiger partial charge in [-0.2, -0.15) is 25.6 Å². The van der Waals surface area contributed by atoms with Gasteiger partial charge in [0.15, 0.2) is 0 Å². The summed E-state index contributed by atoms with van der Waals surface area (Å²) in [6.45, 7) is 25.9. The predicted molar refractivity (Wildman–Crippen MR) is 154 cm³/mol. The second-order valence-corrected chi connectivity index (χ2v) is 18.4. The summed E-state index contributed by atoms with van der Waals surface area (Å²) in [6.07, 6.45) is 0. The molecule has 0 bridgehead atoms. The van der Waals surface area contributed by atoms with Gasteiger partial charge in [-0.15, -0.1) is 0 Å². The molecule has 0 fully saturated rings. The maximum absolute atomic E-state index is 12.5. The lowest BCUT2D eigenvalue weighted by atomic mass is 9.88. The highest BCUT2D eigenvalue weighted by molar-refractivity contribution is 7.87. The van der Waals surface area contributed by atoms with Gasteiger partial charge in [-0.1, -0.05) is 48.5 Å². The lowest BCUT2D eigenvalue weighted by Gasteiger charge is -2.25. The molecule has 0 aliphatic rings. The number of aliphatic carboxylic acids is 1. The van der Waals surface area contributed by atoms with E-state index in [0.717, 1.165) is 0 Å². The van der Waals surface area contributed by atoms with E-state index in [1.807, 2.05) is 0 Å². The van der Waals surface area contributed by atoms with Crippen LogP contribution in [-0.4, -0.2) is 68.7 Å². The topological polar surface area (TPSA) is 222 Å². The van der Waals surface area contributed by atoms with Gasteiger partial charge in [0, 0.05) is 5.41 Å². The van der Waals surface area contributed by atoms with E-state index in [9.17, 15) is 35.0 Å². The average Bonchev–Trinajstić information content (AvgIpc) is 2.43. The van der Waals surface area contributed by atoms with E-state index in [-0.39, 0.29) is 0 Å². The van der Waals surface area contributed by atoms with Crippen molar-refractivity contribution in [3.8, 4) is 0 Å². The lowest BCUT2D eigenvalue weighted by Crippen LogP contribution is -2.41. The van der Waals surface area contributed by atoms with Crippen molar-refractivity contribution in [2.24, 2.45) is 10.8 Å². The normalized spacial score (nSPS) is 13.5. The van der Waals surface area contributed by atoms with Gasteiger partial charge in [-0.3, -0.25) is 13.6 Å². The minimum Gasteiger partial charge on any atom is -0.477 e. The molecule has 0 rings (SSSR count). The van der Waals surface area contributed by atoms with Gasteiger partial charge in [0.05, 0.1) is 15.9 Å². The number of halogens is 2. The average molecular weight is 671 g/mol. The smallest absolute Gasteiger partial charge is 0.470 e. The Morgan fingerprint density at radius 2 is 0.927 bits per heavy atom. The van der Waals surface area contributed by atoms with E-state index < -0.39 is 61.6 Å². The summed E-state index contributed by atoms with van der Waals surface area (Å²) in [6, 6.07) is 0. The van der Waals surface area contributed by atoms with Gasteiger partial charge in [0.1, 0.15) is 0 Å². The van der Waals surface area contributed by atoms with Crippen LogP contribution < -0.4 is 0 Å². The minimum atomic E-state index is -4.29. The number of phosphoric acid groups is 1. The van der Waals surface area contributed by atoms with Crippen LogP contribution in [0.25, 0.3) is 0 Å². The standard InChI is InChI=1S/C6H10F2O2.C5H12.C4H11O4P.C4H10O4S.C4H10O3S/c1-5(2,3)6(7,8)4(9)10;1-5(2,3)4;2*1-4(2,3)8-9(5,6)7;1-4(2,3)8(5,6)7/h1-3H3,(H,9,10);1-4H3;1-3H3,(H2,5,6,7);1-3H3,(H,5,6,7);1-3H3,(H,5,6,7). The first kappa shape index (κ1) is 49.9. The highest BCUT2D eigenvalue weighted by Gasteiger charge is 2.50. The Kier molecular flexibility index (Phi) is 20.6. The molecular weight excluding hydrogens is 617 g/mol. The van der Waals surface area contributed by atoms with Gasteiger partial charge in [0.25, 0.3) is 10.1 Å². The molecular formula is C23H53F2O13PS2. The number of carboxylic acid groups (broad SMARTS) is 1. The van der Waals surface area contributed by atoms with Crippen LogP contribution in [0.3, 0.4) is 0 Å². The molecule has 0 aliphatic heterocycles. The van der Waals surface area contributed by atoms with Gasteiger partial charge >= 0.3 is 30.1 Å². The van der Waals surface area contributed by atoms with E-state index in [4.69, 9.17) is 24.0 Å². The second kappa shape index (κ2) is 16.9. The Labute approximate surface area is 245 Å². The van der Waals surface area contributed by atoms with Crippen molar-refractivity contribution in [2.75, 3.05) is 0 Å². The van der Waals surface area contributed by atoms with E-state index in [1.165, 1.54) is 62.3 Å². The maximum Gasteiger partial charge on any atom is 0.470 e. The van der Waals surface area contributed by atoms with Crippen molar-refractivity contribution in [3.63, 3.8) is 0 Å². The van der Waals surface area contributed by atoms with Crippen molar-refractivity contribution in [3.05, 3.63) is 0 Å². The highest BCUT2D eigenvalue weighted by Crippen LogP contribution is 2.40. The maximum atomic E-state index is 12.5. The Bertz CT molecular complexity index is 1010. The summed E-state index contributed by atoms with van der Waals surface area (Å²) in [7, 11) is -12.4. The summed E-state index contributed by atoms with van der Waals surface area (Å²) in [4.78, 5) is 26.4. The highest BCUT2D eigenvalue weighted by atomic mass is 32.3. The second-order valence-electron chi connectivity index (χ2n) is 14.0. The predicted octanol–water partition coefficient (Wildman–Crippen LogP) is 5.98. The third-order valence-corrected chi connectivity index (χ3v) is 5.78. The Morgan fingerprint density at radius 1 is 0.683 bits per heavy atom. The number of alkyl halides is 2. The van der Waals surface area contributed by atoms with Gasteiger partial charge in [-0.25, -0.2) is 13.5 Å². The zero-order valence-corrected chi connectivity index (χ0v) is 29.5. The number of hydrogen-bond acceptors (Lipinski definition) is 8. The molecule has 18 heteroatoms. The zero-order valence-electron chi connectivity index (χ0n) is 27.0. The number of carbonyl (C=O) groups is 1. The summed E-state index contributed by atoms with van der Waals surface area (Å²) in [5.74, 6) is -5.72. The van der Waals surface area contributed by atoms with Gasteiger partial charge in [0.2, 0.25) is 0 Å². The first-order valence-electron chi connectivity index (χ1n) is 11.9. The summed E-state index contributed by atoms with van der Waals surface area (Å²) >= 11 is 0. The Morgan fingerprint density at radius 3 is 0.927 bits per heavy atom. The molecule has 0 heterocycles. The molecule has 0 aliphatic carbocycles. The third-order valence-electron chi connectivity index (χ3n) is 2.73. The van der Waals surface area contributed by atoms with Crippen LogP contribution in [0.1, 0.15) is 111 Å². The first-order valence-corrected chi connectivity index (χ1v) is 16.2. The van der Waals surface area contributed by atoms with Crippen LogP contribution in [0.15, 0.2) is 0 Å². The largest absolute Gasteiger partial charge is 0.477 e. The molecule has 0 atom stereocenters. The molecule has 0 aromatic carbocycles. The molecule has 41 heavy (non-hydrogen) atoms. The van der Waals surface area contributed by atoms with E-state index in [0.29, 0.717) is 5.41 Å². The summed E-state index contributed by atoms with van der Waals surface area (Å²) in [5.41, 5.74) is -2.65. The molecule has 254 valence electrons. The third kappa shape index (κ3) is 43.8. The molecule has 0 amide bonds. The van der Waals surface area contributed by atoms with Crippen molar-refractivity contribution < 1.29 is 67.7 Å². The molecule has 13 nitrogen and oxygen atoms in total. The molecule has 0 radical (unpaired) electrons. The molecule has 0 saturated heterocycles. The Balaban J connectivity index is -0.000000134. The van der Waals surface area contributed by atoms with Gasteiger partial charge < -0.3 is 14.9 Å². The van der Waals surface area contributed by atoms with E-state index in [2.05, 4.69) is 36.4 Å². The van der Waals surface area contributed by atoms with E-state index >= 15 is 0 Å². The summed E-state index contributed by atoms with van der Waals surface area (Å²) < 4.78 is 99.2. The van der Waals surface area contributed by atoms with Crippen molar-refractivity contribution in [1.29, 1.82) is 0 Å². The van der Waals surface area contributed by atoms with Crippen molar-refractivity contribution >= 4 is 34.3 Å². The minimum absolute atomic E-state index is 0.500. The molecule has 0 aromatic heterocycles. The molecule has 0 aromatic rings. The zero-order chi connectivity index (χ0) is 35.5. The Hall–Kier alpha value is -0.780. The van der Waals surface area contributed by atoms with Gasteiger partial charge in [-0.05, 0) is 67.7 Å². The fourth-order valence-corrected chi connectivity index (χ4v) is 2.34. The van der Waals surface area contributed by atoms with Crippen LogP contribution in [0.2, 0.25) is 0 Å². The lowest BCUT2D eigenvalue weighted by molar-refractivity contribution is -0.181. The number of phosphoric ester groups is 1. The van der Waals surface area contributed by atoms with Crippen molar-refractivity contribution in [2.45, 2.75) is 133 Å². The van der Waals surface area contributed by atoms with Crippen LogP contribution >= 0.6 is 7.82 Å². The molecule has 0 spiro atoms. The summed E-state index contributed by atoms with van der Waals surface area (Å²) in [5, 5.41) is 8.03. The van der Waals surface area contributed by atoms with Crippen molar-refractivity contribution in [1.82, 2.24) is 0 Å². The molecule has 0 saturated carbocycles. The van der Waals surface area contributed by atoms with E-state index in [1.54, 1.807) is 20.8 Å². The quantitative estimate of drug-likeness (QED) is 0.172. The first-order chi connectivity index (χ1) is 16.9. The fourth-order valence-electron chi connectivity index (χ4n) is 0.993. The monoisotopic (exact) mass is 670 g/mol. The molecule has 5 N–H and O–H groups in total. The van der Waals surface area contributed by atoms with Crippen LogP contribution in [0.4, 0.5) is 8.78 Å². The number of hydrogen-bond donors (Lipinski definition) is 5. The molecule has 0 unspecified atom stereocenters. The van der Waals surface area contributed by atoms with Crippen LogP contribution in [0, 0.1) is 10.8 Å². The number of carboxylic acids is 1. The number of rotatable bonds is 3. The fraction of sp³-hybridized carbons (Fsp3) is 0.957.